The van der Waals surface area contributed by atoms with Gasteiger partial charge in [-0.1, -0.05) is 0 Å². The van der Waals surface area contributed by atoms with E-state index < -0.39 is 0 Å². The van der Waals surface area contributed by atoms with Crippen LogP contribution in [-0.4, -0.2) is 15.9 Å². The predicted octanol–water partition coefficient (Wildman–Crippen LogP) is 0.735. The topological polar surface area (TPSA) is 57.8 Å². The third-order valence-corrected chi connectivity index (χ3v) is 2.60. The van der Waals surface area contributed by atoms with E-state index in [-0.39, 0.29) is 5.91 Å². The highest BCUT2D eigenvalue weighted by Crippen LogP contribution is 2.22. The van der Waals surface area contributed by atoms with Gasteiger partial charge in [-0.25, -0.2) is 4.98 Å². The average Bonchev–Trinajstić information content (AvgIpc) is 2.65. The Bertz CT molecular complexity index is 515. The summed E-state index contributed by atoms with van der Waals surface area (Å²) in [7, 11) is 0. The van der Waals surface area contributed by atoms with Gasteiger partial charge < -0.3 is 10.3 Å². The molecule has 0 saturated heterocycles. The molecule has 70 valence electrons. The Kier molecular flexibility index (Phi) is 1.39. The molecule has 0 atom stereocenters. The van der Waals surface area contributed by atoms with Crippen molar-refractivity contribution in [1.29, 1.82) is 0 Å². The van der Waals surface area contributed by atoms with E-state index in [1.165, 1.54) is 0 Å². The minimum atomic E-state index is 0.0891. The second-order valence-electron chi connectivity index (χ2n) is 3.46. The maximum absolute atomic E-state index is 11.2. The Hall–Kier alpha value is -1.84. The van der Waals surface area contributed by atoms with Gasteiger partial charge in [0.25, 0.3) is 0 Å². The van der Waals surface area contributed by atoms with Crippen LogP contribution in [0.1, 0.15) is 11.1 Å². The van der Waals surface area contributed by atoms with Crippen LogP contribution >= 0.6 is 0 Å². The van der Waals surface area contributed by atoms with E-state index >= 15 is 0 Å². The van der Waals surface area contributed by atoms with E-state index in [0.29, 0.717) is 13.0 Å². The molecule has 4 heteroatoms. The van der Waals surface area contributed by atoms with E-state index in [0.717, 1.165) is 22.2 Å². The zero-order valence-electron chi connectivity index (χ0n) is 7.50. The number of carbonyl (C=O) groups excluding carboxylic acids is 1. The van der Waals surface area contributed by atoms with Crippen molar-refractivity contribution in [3.63, 3.8) is 0 Å². The largest absolute Gasteiger partial charge is 0.352 e. The van der Waals surface area contributed by atoms with E-state index in [2.05, 4.69) is 15.3 Å². The first-order chi connectivity index (χ1) is 6.84. The number of carbonyl (C=O) groups is 1. The number of amides is 1. The molecule has 0 aliphatic carbocycles. The van der Waals surface area contributed by atoms with Crippen LogP contribution in [0.5, 0.6) is 0 Å². The Morgan fingerprint density at radius 3 is 3.29 bits per heavy atom. The van der Waals surface area contributed by atoms with Crippen LogP contribution in [0, 0.1) is 0 Å². The van der Waals surface area contributed by atoms with Crippen molar-refractivity contribution in [2.24, 2.45) is 0 Å². The number of aromatic amines is 1. The average molecular weight is 187 g/mol. The lowest BCUT2D eigenvalue weighted by molar-refractivity contribution is -0.121. The molecule has 4 nitrogen and oxygen atoms in total. The lowest BCUT2D eigenvalue weighted by atomic mass is 10.00. The Labute approximate surface area is 80.3 Å². The van der Waals surface area contributed by atoms with Crippen molar-refractivity contribution in [3.8, 4) is 0 Å². The molecule has 0 unspecified atom stereocenters. The first-order valence-electron chi connectivity index (χ1n) is 4.55. The summed E-state index contributed by atoms with van der Waals surface area (Å²) in [4.78, 5) is 18.6. The number of H-pyrrole nitrogens is 1. The van der Waals surface area contributed by atoms with Crippen molar-refractivity contribution in [2.45, 2.75) is 13.0 Å². The molecule has 0 spiro atoms. The summed E-state index contributed by atoms with van der Waals surface area (Å²) in [5.74, 6) is 0.0891. The molecule has 2 aromatic rings. The third-order valence-electron chi connectivity index (χ3n) is 2.60. The van der Waals surface area contributed by atoms with Gasteiger partial charge in [-0.15, -0.1) is 0 Å². The molecule has 0 bridgehead atoms. The molecular formula is C10H9N3O. The summed E-state index contributed by atoms with van der Waals surface area (Å²) in [6, 6.07) is 1.97. The molecule has 0 radical (unpaired) electrons. The van der Waals surface area contributed by atoms with Crippen molar-refractivity contribution in [1.82, 2.24) is 15.3 Å². The van der Waals surface area contributed by atoms with Crippen molar-refractivity contribution < 1.29 is 4.79 Å². The summed E-state index contributed by atoms with van der Waals surface area (Å²) in [6.07, 6.45) is 4.14. The van der Waals surface area contributed by atoms with Gasteiger partial charge in [0.2, 0.25) is 5.91 Å². The summed E-state index contributed by atoms with van der Waals surface area (Å²) in [6.45, 7) is 0.599. The van der Waals surface area contributed by atoms with Crippen LogP contribution in [0.15, 0.2) is 18.5 Å². The summed E-state index contributed by atoms with van der Waals surface area (Å²) in [5, 5.41) is 3.87. The van der Waals surface area contributed by atoms with Crippen LogP contribution < -0.4 is 5.32 Å². The van der Waals surface area contributed by atoms with Crippen molar-refractivity contribution >= 4 is 16.9 Å². The van der Waals surface area contributed by atoms with Gasteiger partial charge in [-0.2, -0.15) is 0 Å². The minimum Gasteiger partial charge on any atom is -0.352 e. The molecule has 2 N–H and O–H groups in total. The van der Waals surface area contributed by atoms with E-state index in [9.17, 15) is 4.79 Å². The van der Waals surface area contributed by atoms with Gasteiger partial charge in [-0.05, 0) is 17.2 Å². The number of nitrogens with one attached hydrogen (secondary N) is 2. The maximum atomic E-state index is 11.2. The molecule has 14 heavy (non-hydrogen) atoms. The molecule has 0 saturated carbocycles. The summed E-state index contributed by atoms with van der Waals surface area (Å²) in [5.41, 5.74) is 3.09. The maximum Gasteiger partial charge on any atom is 0.224 e. The molecule has 1 aliphatic heterocycles. The normalized spacial score (nSPS) is 15.3. The van der Waals surface area contributed by atoms with E-state index in [1.54, 1.807) is 0 Å². The zero-order valence-corrected chi connectivity index (χ0v) is 7.50. The second-order valence-corrected chi connectivity index (χ2v) is 3.46. The quantitative estimate of drug-likeness (QED) is 0.639. The molecule has 1 aliphatic rings. The Balaban J connectivity index is 2.31. The standard InChI is InChI=1S/C10H9N3O/c14-9-3-8-6(4-12-9)5-13-10-7(8)1-2-11-10/h1-2,5H,3-4H2,(H,11,13)(H,12,14). The van der Waals surface area contributed by atoms with Crippen molar-refractivity contribution in [2.75, 3.05) is 0 Å². The van der Waals surface area contributed by atoms with Crippen molar-refractivity contribution in [3.05, 3.63) is 29.6 Å². The molecule has 3 heterocycles. The predicted molar refractivity (Wildman–Crippen MR) is 51.6 cm³/mol. The number of fused-ring (bicyclic) bond motifs is 3. The van der Waals surface area contributed by atoms with Crippen LogP contribution in [0.3, 0.4) is 0 Å². The summed E-state index contributed by atoms with van der Waals surface area (Å²) < 4.78 is 0. The Morgan fingerprint density at radius 1 is 1.43 bits per heavy atom. The van der Waals surface area contributed by atoms with Gasteiger partial charge in [0, 0.05) is 24.3 Å². The first kappa shape index (κ1) is 7.55. The molecular weight excluding hydrogens is 178 g/mol. The lowest BCUT2D eigenvalue weighted by Crippen LogP contribution is -2.30. The van der Waals surface area contributed by atoms with Gasteiger partial charge in [-0.3, -0.25) is 4.79 Å². The number of rotatable bonds is 0. The number of hydrogen-bond acceptors (Lipinski definition) is 2. The number of nitrogens with zero attached hydrogens (tertiary/aromatic N) is 1. The highest BCUT2D eigenvalue weighted by Gasteiger charge is 2.17. The number of pyridine rings is 1. The van der Waals surface area contributed by atoms with Gasteiger partial charge in [0.1, 0.15) is 5.65 Å². The first-order valence-corrected chi connectivity index (χ1v) is 4.55. The van der Waals surface area contributed by atoms with Gasteiger partial charge >= 0.3 is 0 Å². The highest BCUT2D eigenvalue weighted by atomic mass is 16.1. The van der Waals surface area contributed by atoms with Gasteiger partial charge in [0.15, 0.2) is 0 Å². The Morgan fingerprint density at radius 2 is 2.36 bits per heavy atom. The van der Waals surface area contributed by atoms with Crippen LogP contribution in [0.25, 0.3) is 11.0 Å². The fourth-order valence-electron chi connectivity index (χ4n) is 1.88. The van der Waals surface area contributed by atoms with Crippen LogP contribution in [-0.2, 0) is 17.8 Å². The fourth-order valence-corrected chi connectivity index (χ4v) is 1.88. The molecule has 0 fully saturated rings. The molecule has 0 aromatic carbocycles. The molecule has 1 amide bonds. The third kappa shape index (κ3) is 0.937. The molecule has 3 rings (SSSR count). The smallest absolute Gasteiger partial charge is 0.224 e. The van der Waals surface area contributed by atoms with Gasteiger partial charge in [0.05, 0.1) is 6.42 Å². The van der Waals surface area contributed by atoms with E-state index in [4.69, 9.17) is 0 Å². The van der Waals surface area contributed by atoms with E-state index in [1.807, 2.05) is 18.5 Å². The highest BCUT2D eigenvalue weighted by molar-refractivity contribution is 5.89. The second kappa shape index (κ2) is 2.57. The molecule has 2 aromatic heterocycles. The minimum absolute atomic E-state index is 0.0891. The SMILES string of the molecule is O=C1Cc2c(cnc3[nH]ccc23)CN1. The van der Waals surface area contributed by atoms with Crippen LogP contribution in [0.2, 0.25) is 0 Å². The monoisotopic (exact) mass is 187 g/mol. The number of hydrogen-bond donors (Lipinski definition) is 2. The fraction of sp³-hybridized carbons (Fsp3) is 0.200. The lowest BCUT2D eigenvalue weighted by Gasteiger charge is -2.16. The summed E-state index contributed by atoms with van der Waals surface area (Å²) >= 11 is 0. The number of aromatic nitrogens is 2. The zero-order chi connectivity index (χ0) is 9.54. The van der Waals surface area contributed by atoms with Crippen LogP contribution in [0.4, 0.5) is 0 Å².